The zero-order chi connectivity index (χ0) is 11.8. The van der Waals surface area contributed by atoms with Crippen molar-refractivity contribution >= 4 is 0 Å². The molecule has 0 heterocycles. The molecule has 0 N–H and O–H groups in total. The van der Waals surface area contributed by atoms with Crippen molar-refractivity contribution in [1.29, 1.82) is 0 Å². The summed E-state index contributed by atoms with van der Waals surface area (Å²) in [5.74, 6) is 4.19. The van der Waals surface area contributed by atoms with E-state index in [0.717, 1.165) is 29.6 Å². The summed E-state index contributed by atoms with van der Waals surface area (Å²) in [6, 6.07) is 0. The first-order valence-corrected chi connectivity index (χ1v) is 6.93. The Bertz CT molecular complexity index is 385. The fourth-order valence-corrected chi connectivity index (χ4v) is 3.81. The molecule has 0 radical (unpaired) electrons. The normalized spacial score (nSPS) is 44.0. The molecule has 0 aromatic carbocycles. The topological polar surface area (TPSA) is 0 Å². The highest BCUT2D eigenvalue weighted by Gasteiger charge is 2.33. The summed E-state index contributed by atoms with van der Waals surface area (Å²) < 4.78 is 0. The number of rotatable bonds is 1. The molecule has 17 heavy (non-hydrogen) atoms. The zero-order valence-electron chi connectivity index (χ0n) is 10.5. The summed E-state index contributed by atoms with van der Waals surface area (Å²) in [5.41, 5.74) is 1.46. The van der Waals surface area contributed by atoms with E-state index >= 15 is 0 Å². The molecular formula is C17H22. The maximum absolute atomic E-state index is 3.99. The van der Waals surface area contributed by atoms with Gasteiger partial charge in [0.1, 0.15) is 0 Å². The average Bonchev–Trinajstić information content (AvgIpc) is 3.09. The van der Waals surface area contributed by atoms with Gasteiger partial charge in [-0.05, 0) is 55.3 Å². The molecule has 4 aliphatic carbocycles. The van der Waals surface area contributed by atoms with Gasteiger partial charge in [0, 0.05) is 0 Å². The monoisotopic (exact) mass is 226 g/mol. The van der Waals surface area contributed by atoms with Crippen LogP contribution in [0.4, 0.5) is 0 Å². The molecule has 2 fully saturated rings. The highest BCUT2D eigenvalue weighted by Crippen LogP contribution is 2.43. The Balaban J connectivity index is 0.000000107. The second kappa shape index (κ2) is 4.33. The largest absolute Gasteiger partial charge is 0.103 e. The van der Waals surface area contributed by atoms with Crippen LogP contribution in [0.1, 0.15) is 25.7 Å². The van der Waals surface area contributed by atoms with Crippen molar-refractivity contribution in [2.45, 2.75) is 25.7 Å². The Morgan fingerprint density at radius 1 is 1.00 bits per heavy atom. The second-order valence-electron chi connectivity index (χ2n) is 6.03. The number of allylic oxidation sites excluding steroid dienone is 6. The van der Waals surface area contributed by atoms with Crippen molar-refractivity contribution in [3.63, 3.8) is 0 Å². The van der Waals surface area contributed by atoms with Gasteiger partial charge in [-0.3, -0.25) is 0 Å². The van der Waals surface area contributed by atoms with Crippen LogP contribution in [0.25, 0.3) is 0 Å². The van der Waals surface area contributed by atoms with Crippen LogP contribution in [0, 0.1) is 29.6 Å². The van der Waals surface area contributed by atoms with E-state index in [9.17, 15) is 0 Å². The first-order chi connectivity index (χ1) is 8.26. The average molecular weight is 226 g/mol. The molecule has 0 nitrogen and oxygen atoms in total. The number of hydrogen-bond donors (Lipinski definition) is 0. The summed E-state index contributed by atoms with van der Waals surface area (Å²) in [6.45, 7) is 7.81. The lowest BCUT2D eigenvalue weighted by molar-refractivity contribution is 0.551. The van der Waals surface area contributed by atoms with E-state index in [1.807, 2.05) is 0 Å². The van der Waals surface area contributed by atoms with Gasteiger partial charge in [-0.1, -0.05) is 42.5 Å². The third-order valence-corrected chi connectivity index (χ3v) is 4.85. The fraction of sp³-hybridized carbons (Fsp3) is 0.529. The van der Waals surface area contributed by atoms with Gasteiger partial charge in [0.05, 0.1) is 0 Å². The van der Waals surface area contributed by atoms with Gasteiger partial charge in [0.25, 0.3) is 0 Å². The fourth-order valence-electron chi connectivity index (χ4n) is 3.81. The van der Waals surface area contributed by atoms with E-state index in [2.05, 4.69) is 43.5 Å². The molecule has 5 unspecified atom stereocenters. The van der Waals surface area contributed by atoms with Crippen LogP contribution in [0.15, 0.2) is 49.1 Å². The van der Waals surface area contributed by atoms with Crippen LogP contribution in [0.3, 0.4) is 0 Å². The summed E-state index contributed by atoms with van der Waals surface area (Å²) in [5, 5.41) is 0. The van der Waals surface area contributed by atoms with E-state index in [0.29, 0.717) is 0 Å². The van der Waals surface area contributed by atoms with Gasteiger partial charge >= 0.3 is 0 Å². The molecule has 0 aromatic heterocycles. The van der Waals surface area contributed by atoms with Crippen LogP contribution in [0.2, 0.25) is 0 Å². The van der Waals surface area contributed by atoms with Gasteiger partial charge in [0.15, 0.2) is 0 Å². The minimum atomic E-state index is 0.764. The second-order valence-corrected chi connectivity index (χ2v) is 6.03. The van der Waals surface area contributed by atoms with Crippen molar-refractivity contribution in [2.24, 2.45) is 29.6 Å². The Kier molecular flexibility index (Phi) is 2.82. The molecule has 2 saturated carbocycles. The van der Waals surface area contributed by atoms with Crippen LogP contribution in [0.5, 0.6) is 0 Å². The molecule has 4 aliphatic rings. The predicted molar refractivity (Wildman–Crippen MR) is 73.5 cm³/mol. The standard InChI is InChI=1S/C9H12.C8H10/c1-2-8-5-7-3-4-9(8)6-7;1-6-4-7-2-3-8(6)5-7/h2-4,7-9H,1,5-6H2;2-3,7-8H,1,4-5H2. The minimum absolute atomic E-state index is 0.764. The lowest BCUT2D eigenvalue weighted by atomic mass is 9.94. The molecule has 90 valence electrons. The summed E-state index contributed by atoms with van der Waals surface area (Å²) >= 11 is 0. The molecule has 0 aliphatic heterocycles. The van der Waals surface area contributed by atoms with Crippen molar-refractivity contribution in [3.8, 4) is 0 Å². The van der Waals surface area contributed by atoms with Gasteiger partial charge in [-0.2, -0.15) is 0 Å². The first kappa shape index (κ1) is 11.1. The Morgan fingerprint density at radius 3 is 2.12 bits per heavy atom. The van der Waals surface area contributed by atoms with Crippen LogP contribution in [-0.2, 0) is 0 Å². The summed E-state index contributed by atoms with van der Waals surface area (Å²) in [4.78, 5) is 0. The SMILES string of the molecule is C=C1CC2C=CC1C2.C=CC1CC2C=CC1C2. The molecule has 0 spiro atoms. The maximum atomic E-state index is 3.99. The van der Waals surface area contributed by atoms with Gasteiger partial charge in [0.2, 0.25) is 0 Å². The number of hydrogen-bond acceptors (Lipinski definition) is 0. The number of fused-ring (bicyclic) bond motifs is 4. The maximum Gasteiger partial charge on any atom is -0.00199 e. The smallest absolute Gasteiger partial charge is 0.00199 e. The summed E-state index contributed by atoms with van der Waals surface area (Å²) in [6.07, 6.45) is 16.9. The van der Waals surface area contributed by atoms with Gasteiger partial charge < -0.3 is 0 Å². The van der Waals surface area contributed by atoms with Crippen molar-refractivity contribution in [3.05, 3.63) is 49.1 Å². The van der Waals surface area contributed by atoms with Crippen molar-refractivity contribution < 1.29 is 0 Å². The zero-order valence-corrected chi connectivity index (χ0v) is 10.5. The highest BCUT2D eigenvalue weighted by atomic mass is 14.4. The molecule has 0 heteroatoms. The van der Waals surface area contributed by atoms with E-state index in [1.165, 1.54) is 31.3 Å². The lowest BCUT2D eigenvalue weighted by Crippen LogP contribution is -2.01. The Labute approximate surface area is 105 Å². The van der Waals surface area contributed by atoms with Gasteiger partial charge in [-0.25, -0.2) is 0 Å². The molecule has 5 atom stereocenters. The van der Waals surface area contributed by atoms with E-state index < -0.39 is 0 Å². The van der Waals surface area contributed by atoms with E-state index in [4.69, 9.17) is 0 Å². The van der Waals surface area contributed by atoms with Crippen LogP contribution >= 0.6 is 0 Å². The van der Waals surface area contributed by atoms with E-state index in [1.54, 1.807) is 0 Å². The molecular weight excluding hydrogens is 204 g/mol. The molecule has 4 rings (SSSR count). The molecule has 0 aromatic rings. The molecule has 4 bridgehead atoms. The quantitative estimate of drug-likeness (QED) is 0.576. The Morgan fingerprint density at radius 2 is 1.82 bits per heavy atom. The van der Waals surface area contributed by atoms with Crippen LogP contribution in [-0.4, -0.2) is 0 Å². The first-order valence-electron chi connectivity index (χ1n) is 6.93. The molecule has 0 saturated heterocycles. The Hall–Kier alpha value is -1.04. The van der Waals surface area contributed by atoms with Crippen molar-refractivity contribution in [2.75, 3.05) is 0 Å². The molecule has 0 amide bonds. The van der Waals surface area contributed by atoms with Crippen molar-refractivity contribution in [1.82, 2.24) is 0 Å². The third kappa shape index (κ3) is 2.06. The third-order valence-electron chi connectivity index (χ3n) is 4.85. The minimum Gasteiger partial charge on any atom is -0.103 e. The van der Waals surface area contributed by atoms with Gasteiger partial charge in [-0.15, -0.1) is 6.58 Å². The predicted octanol–water partition coefficient (Wildman–Crippen LogP) is 4.52. The van der Waals surface area contributed by atoms with E-state index in [-0.39, 0.29) is 0 Å². The highest BCUT2D eigenvalue weighted by molar-refractivity contribution is 5.24. The lowest BCUT2D eigenvalue weighted by Gasteiger charge is -2.11. The van der Waals surface area contributed by atoms with Crippen LogP contribution < -0.4 is 0 Å². The summed E-state index contributed by atoms with van der Waals surface area (Å²) in [7, 11) is 0.